The van der Waals surface area contributed by atoms with E-state index >= 15 is 0 Å². The smallest absolute Gasteiger partial charge is 0.191 e. The van der Waals surface area contributed by atoms with Gasteiger partial charge in [0, 0.05) is 58.3 Å². The van der Waals surface area contributed by atoms with Crippen LogP contribution in [0.5, 0.6) is 0 Å². The van der Waals surface area contributed by atoms with Crippen molar-refractivity contribution < 1.29 is 5.11 Å². The van der Waals surface area contributed by atoms with Gasteiger partial charge in [-0.3, -0.25) is 9.89 Å². The normalized spacial score (nSPS) is 18.4. The number of aliphatic hydroxyl groups is 1. The molecule has 2 atom stereocenters. The second-order valence-electron chi connectivity index (χ2n) is 7.77. The average Bonchev–Trinajstić information content (AvgIpc) is 2.69. The minimum atomic E-state index is 0. The SMILES string of the molecule is CN=C(NCC(CO)c1ccccc1)NCC(C(C)C)N1CCN(C)CC1.I. The molecule has 1 heterocycles. The summed E-state index contributed by atoms with van der Waals surface area (Å²) >= 11 is 0. The molecule has 2 rings (SSSR count). The Hall–Kier alpha value is -0.900. The number of nitrogens with zero attached hydrogens (tertiary/aromatic N) is 3. The van der Waals surface area contributed by atoms with Crippen LogP contribution in [-0.2, 0) is 0 Å². The number of hydrogen-bond acceptors (Lipinski definition) is 4. The number of aliphatic imine (C=N–C) groups is 1. The summed E-state index contributed by atoms with van der Waals surface area (Å²) in [7, 11) is 3.99. The Balaban J connectivity index is 0.00000392. The molecule has 1 aromatic rings. The fourth-order valence-electron chi connectivity index (χ4n) is 3.59. The highest BCUT2D eigenvalue weighted by molar-refractivity contribution is 14.0. The van der Waals surface area contributed by atoms with E-state index in [4.69, 9.17) is 0 Å². The van der Waals surface area contributed by atoms with Crippen LogP contribution < -0.4 is 10.6 Å². The number of benzene rings is 1. The van der Waals surface area contributed by atoms with Gasteiger partial charge in [0.2, 0.25) is 0 Å². The van der Waals surface area contributed by atoms with Crippen LogP contribution in [0.1, 0.15) is 25.3 Å². The molecule has 7 heteroatoms. The van der Waals surface area contributed by atoms with Crippen molar-refractivity contribution in [2.24, 2.45) is 10.9 Å². The zero-order chi connectivity index (χ0) is 19.6. The lowest BCUT2D eigenvalue weighted by Gasteiger charge is -2.40. The van der Waals surface area contributed by atoms with Gasteiger partial charge in [-0.25, -0.2) is 0 Å². The van der Waals surface area contributed by atoms with Crippen molar-refractivity contribution >= 4 is 29.9 Å². The van der Waals surface area contributed by atoms with Crippen LogP contribution in [-0.4, -0.2) is 86.9 Å². The predicted octanol–water partition coefficient (Wildman–Crippen LogP) is 1.82. The van der Waals surface area contributed by atoms with Crippen LogP contribution in [0.4, 0.5) is 0 Å². The van der Waals surface area contributed by atoms with Crippen molar-refractivity contribution in [3.63, 3.8) is 0 Å². The molecule has 1 saturated heterocycles. The van der Waals surface area contributed by atoms with E-state index in [-0.39, 0.29) is 36.5 Å². The fraction of sp³-hybridized carbons (Fsp3) is 0.667. The second-order valence-corrected chi connectivity index (χ2v) is 7.77. The van der Waals surface area contributed by atoms with Crippen LogP contribution in [0.2, 0.25) is 0 Å². The molecule has 1 aromatic carbocycles. The van der Waals surface area contributed by atoms with E-state index < -0.39 is 0 Å². The van der Waals surface area contributed by atoms with Crippen molar-refractivity contribution in [1.82, 2.24) is 20.4 Å². The third kappa shape index (κ3) is 7.85. The first kappa shape index (κ1) is 25.1. The maximum absolute atomic E-state index is 9.74. The van der Waals surface area contributed by atoms with E-state index in [0.717, 1.165) is 44.2 Å². The third-order valence-electron chi connectivity index (χ3n) is 5.49. The summed E-state index contributed by atoms with van der Waals surface area (Å²) in [5.74, 6) is 1.43. The van der Waals surface area contributed by atoms with Gasteiger partial charge in [-0.05, 0) is 18.5 Å². The van der Waals surface area contributed by atoms with E-state index in [1.165, 1.54) is 0 Å². The van der Waals surface area contributed by atoms with E-state index in [1.54, 1.807) is 7.05 Å². The van der Waals surface area contributed by atoms with Gasteiger partial charge in [-0.15, -0.1) is 24.0 Å². The average molecular weight is 503 g/mol. The molecular formula is C21H38IN5O. The first-order valence-corrected chi connectivity index (χ1v) is 10.1. The molecule has 6 nitrogen and oxygen atoms in total. The fourth-order valence-corrected chi connectivity index (χ4v) is 3.59. The molecular weight excluding hydrogens is 465 g/mol. The van der Waals surface area contributed by atoms with E-state index in [0.29, 0.717) is 18.5 Å². The van der Waals surface area contributed by atoms with E-state index in [1.807, 2.05) is 18.2 Å². The lowest BCUT2D eigenvalue weighted by molar-refractivity contribution is 0.0900. The van der Waals surface area contributed by atoms with Crippen LogP contribution in [0.25, 0.3) is 0 Å². The Morgan fingerprint density at radius 3 is 2.21 bits per heavy atom. The minimum absolute atomic E-state index is 0. The molecule has 0 radical (unpaired) electrons. The summed E-state index contributed by atoms with van der Waals surface area (Å²) in [6.07, 6.45) is 0. The number of halogens is 1. The maximum atomic E-state index is 9.74. The number of guanidine groups is 1. The summed E-state index contributed by atoms with van der Waals surface area (Å²) in [4.78, 5) is 9.34. The highest BCUT2D eigenvalue weighted by Crippen LogP contribution is 2.14. The summed E-state index contributed by atoms with van der Waals surface area (Å²) in [5, 5.41) is 16.6. The largest absolute Gasteiger partial charge is 0.396 e. The minimum Gasteiger partial charge on any atom is -0.396 e. The van der Waals surface area contributed by atoms with Gasteiger partial charge in [-0.1, -0.05) is 44.2 Å². The first-order valence-electron chi connectivity index (χ1n) is 10.1. The molecule has 1 aliphatic heterocycles. The number of likely N-dealkylation sites (N-methyl/N-ethyl adjacent to an activating group) is 1. The zero-order valence-electron chi connectivity index (χ0n) is 17.8. The Bertz CT molecular complexity index is 561. The van der Waals surface area contributed by atoms with Gasteiger partial charge in [0.1, 0.15) is 0 Å². The Kier molecular flexibility index (Phi) is 12.0. The molecule has 0 saturated carbocycles. The van der Waals surface area contributed by atoms with Crippen LogP contribution in [0, 0.1) is 5.92 Å². The summed E-state index contributed by atoms with van der Waals surface area (Å²) in [6.45, 7) is 10.7. The number of nitrogens with one attached hydrogen (secondary N) is 2. The monoisotopic (exact) mass is 503 g/mol. The molecule has 0 aliphatic carbocycles. The topological polar surface area (TPSA) is 63.1 Å². The first-order chi connectivity index (χ1) is 13.0. The molecule has 0 amide bonds. The quantitative estimate of drug-likeness (QED) is 0.287. The van der Waals surface area contributed by atoms with Crippen LogP contribution in [0.3, 0.4) is 0 Å². The van der Waals surface area contributed by atoms with Gasteiger partial charge in [0.05, 0.1) is 6.61 Å². The highest BCUT2D eigenvalue weighted by Gasteiger charge is 2.25. The van der Waals surface area contributed by atoms with Crippen molar-refractivity contribution in [3.05, 3.63) is 35.9 Å². The standard InChI is InChI=1S/C21H37N5O.HI/c1-17(2)20(26-12-10-25(4)11-13-26)15-24-21(22-3)23-14-19(16-27)18-8-6-5-7-9-18;/h5-9,17,19-20,27H,10-16H2,1-4H3,(H2,22,23,24);1H. The number of hydrogen-bond donors (Lipinski definition) is 3. The number of piperazine rings is 1. The van der Waals surface area contributed by atoms with Crippen molar-refractivity contribution in [2.75, 3.05) is 60.0 Å². The molecule has 1 fully saturated rings. The van der Waals surface area contributed by atoms with Gasteiger partial charge in [0.25, 0.3) is 0 Å². The summed E-state index contributed by atoms with van der Waals surface area (Å²) in [6, 6.07) is 10.6. The molecule has 0 spiro atoms. The predicted molar refractivity (Wildman–Crippen MR) is 129 cm³/mol. The van der Waals surface area contributed by atoms with Crippen molar-refractivity contribution in [1.29, 1.82) is 0 Å². The molecule has 0 bridgehead atoms. The molecule has 0 aromatic heterocycles. The van der Waals surface area contributed by atoms with E-state index in [2.05, 4.69) is 58.5 Å². The second kappa shape index (κ2) is 13.3. The van der Waals surface area contributed by atoms with Crippen molar-refractivity contribution in [3.8, 4) is 0 Å². The maximum Gasteiger partial charge on any atom is 0.191 e. The Morgan fingerprint density at radius 2 is 1.68 bits per heavy atom. The van der Waals surface area contributed by atoms with Gasteiger partial charge in [-0.2, -0.15) is 0 Å². The summed E-state index contributed by atoms with van der Waals surface area (Å²) < 4.78 is 0. The molecule has 160 valence electrons. The molecule has 2 unspecified atom stereocenters. The Morgan fingerprint density at radius 1 is 1.07 bits per heavy atom. The van der Waals surface area contributed by atoms with Gasteiger partial charge >= 0.3 is 0 Å². The zero-order valence-corrected chi connectivity index (χ0v) is 20.1. The van der Waals surface area contributed by atoms with Crippen LogP contribution >= 0.6 is 24.0 Å². The third-order valence-corrected chi connectivity index (χ3v) is 5.49. The van der Waals surface area contributed by atoms with Crippen LogP contribution in [0.15, 0.2) is 35.3 Å². The number of aliphatic hydroxyl groups excluding tert-OH is 1. The lowest BCUT2D eigenvalue weighted by Crippen LogP contribution is -2.55. The molecule has 1 aliphatic rings. The molecule has 3 N–H and O–H groups in total. The highest BCUT2D eigenvalue weighted by atomic mass is 127. The van der Waals surface area contributed by atoms with E-state index in [9.17, 15) is 5.11 Å². The lowest BCUT2D eigenvalue weighted by atomic mass is 10.0. The number of rotatable bonds is 8. The molecule has 28 heavy (non-hydrogen) atoms. The van der Waals surface area contributed by atoms with Gasteiger partial charge in [0.15, 0.2) is 5.96 Å². The summed E-state index contributed by atoms with van der Waals surface area (Å²) in [5.41, 5.74) is 1.14. The van der Waals surface area contributed by atoms with Crippen molar-refractivity contribution in [2.45, 2.75) is 25.8 Å². The Labute approximate surface area is 187 Å². The van der Waals surface area contributed by atoms with Gasteiger partial charge < -0.3 is 20.6 Å².